The molecule has 0 bridgehead atoms. The van der Waals surface area contributed by atoms with Gasteiger partial charge in [-0.1, -0.05) is 13.3 Å². The maximum Gasteiger partial charge on any atom is 0.303 e. The van der Waals surface area contributed by atoms with Gasteiger partial charge < -0.3 is 5.11 Å². The Hall–Kier alpha value is -1.13. The molecule has 1 aliphatic rings. The zero-order chi connectivity index (χ0) is 14.5. The molecule has 108 valence electrons. The summed E-state index contributed by atoms with van der Waals surface area (Å²) < 4.78 is 26.1. The first kappa shape index (κ1) is 15.9. The van der Waals surface area contributed by atoms with Crippen molar-refractivity contribution < 1.29 is 18.3 Å². The van der Waals surface area contributed by atoms with E-state index in [2.05, 4.69) is 0 Å². The van der Waals surface area contributed by atoms with Crippen molar-refractivity contribution in [2.75, 3.05) is 6.54 Å². The van der Waals surface area contributed by atoms with Gasteiger partial charge in [0.05, 0.1) is 6.07 Å². The molecule has 0 aromatic carbocycles. The average molecular weight is 288 g/mol. The van der Waals surface area contributed by atoms with Crippen LogP contribution in [-0.4, -0.2) is 41.6 Å². The summed E-state index contributed by atoms with van der Waals surface area (Å²) >= 11 is 0. The van der Waals surface area contributed by atoms with Crippen molar-refractivity contribution in [2.45, 2.75) is 56.7 Å². The summed E-state index contributed by atoms with van der Waals surface area (Å²) in [5, 5.41) is 16.6. The molecule has 0 aromatic rings. The van der Waals surface area contributed by atoms with Crippen molar-refractivity contribution in [3.05, 3.63) is 0 Å². The Morgan fingerprint density at radius 3 is 2.74 bits per heavy atom. The van der Waals surface area contributed by atoms with Crippen LogP contribution in [0.2, 0.25) is 0 Å². The number of nitrogens with zero attached hydrogens (tertiary/aromatic N) is 2. The van der Waals surface area contributed by atoms with Crippen molar-refractivity contribution in [1.82, 2.24) is 4.31 Å². The monoisotopic (exact) mass is 288 g/mol. The van der Waals surface area contributed by atoms with Crippen LogP contribution in [0.1, 0.15) is 45.4 Å². The summed E-state index contributed by atoms with van der Waals surface area (Å²) in [6.45, 7) is 2.06. The molecule has 0 radical (unpaired) electrons. The van der Waals surface area contributed by atoms with Crippen LogP contribution in [0.15, 0.2) is 0 Å². The van der Waals surface area contributed by atoms with Crippen LogP contribution in [0, 0.1) is 11.3 Å². The molecule has 19 heavy (non-hydrogen) atoms. The summed E-state index contributed by atoms with van der Waals surface area (Å²) in [6, 6.07) is 1.55. The van der Waals surface area contributed by atoms with E-state index in [9.17, 15) is 13.2 Å². The molecular formula is C12H20N2O4S. The Bertz CT molecular complexity index is 455. The number of rotatable bonds is 6. The zero-order valence-electron chi connectivity index (χ0n) is 11.1. The Morgan fingerprint density at radius 2 is 2.21 bits per heavy atom. The number of aliphatic carboxylic acids is 1. The van der Waals surface area contributed by atoms with Gasteiger partial charge in [0.15, 0.2) is 5.25 Å². The number of nitriles is 1. The fourth-order valence-corrected chi connectivity index (χ4v) is 4.31. The highest BCUT2D eigenvalue weighted by molar-refractivity contribution is 7.90. The van der Waals surface area contributed by atoms with Gasteiger partial charge in [-0.3, -0.25) is 4.79 Å². The van der Waals surface area contributed by atoms with E-state index in [-0.39, 0.29) is 18.9 Å². The molecule has 7 heteroatoms. The summed E-state index contributed by atoms with van der Waals surface area (Å²) in [5.74, 6) is -0.921. The minimum atomic E-state index is -3.64. The Morgan fingerprint density at radius 1 is 1.53 bits per heavy atom. The molecule has 1 rings (SSSR count). The number of carboxylic acids is 1. The Kier molecular flexibility index (Phi) is 5.76. The fourth-order valence-electron chi connectivity index (χ4n) is 2.42. The molecule has 2 unspecified atom stereocenters. The highest BCUT2D eigenvalue weighted by atomic mass is 32.2. The van der Waals surface area contributed by atoms with Gasteiger partial charge in [0.1, 0.15) is 0 Å². The molecule has 1 heterocycles. The third-order valence-electron chi connectivity index (χ3n) is 3.47. The molecule has 0 saturated carbocycles. The van der Waals surface area contributed by atoms with E-state index in [1.807, 2.05) is 6.07 Å². The Balaban J connectivity index is 2.87. The second kappa shape index (κ2) is 6.87. The highest BCUT2D eigenvalue weighted by Crippen LogP contribution is 2.26. The number of sulfonamides is 1. The molecule has 0 aliphatic carbocycles. The Labute approximate surface area is 114 Å². The largest absolute Gasteiger partial charge is 0.481 e. The molecule has 6 nitrogen and oxygen atoms in total. The molecule has 1 saturated heterocycles. The number of carboxylic acid groups (broad SMARTS) is 1. The smallest absolute Gasteiger partial charge is 0.303 e. The summed E-state index contributed by atoms with van der Waals surface area (Å²) in [5.41, 5.74) is 0. The fraction of sp³-hybridized carbons (Fsp3) is 0.833. The average Bonchev–Trinajstić information content (AvgIpc) is 2.37. The molecule has 1 fully saturated rings. The maximum atomic E-state index is 12.4. The molecule has 0 spiro atoms. The van der Waals surface area contributed by atoms with Gasteiger partial charge in [-0.2, -0.15) is 9.57 Å². The van der Waals surface area contributed by atoms with Gasteiger partial charge in [-0.05, 0) is 25.7 Å². The van der Waals surface area contributed by atoms with Crippen molar-refractivity contribution in [2.24, 2.45) is 0 Å². The van der Waals surface area contributed by atoms with E-state index in [1.54, 1.807) is 6.92 Å². The van der Waals surface area contributed by atoms with Crippen molar-refractivity contribution >= 4 is 16.0 Å². The first-order chi connectivity index (χ1) is 8.93. The topological polar surface area (TPSA) is 98.5 Å². The van der Waals surface area contributed by atoms with Crippen LogP contribution in [-0.2, 0) is 14.8 Å². The number of piperidine rings is 1. The second-order valence-corrected chi connectivity index (χ2v) is 6.83. The van der Waals surface area contributed by atoms with Crippen molar-refractivity contribution in [3.63, 3.8) is 0 Å². The molecule has 0 aromatic heterocycles. The number of hydrogen-bond acceptors (Lipinski definition) is 4. The van der Waals surface area contributed by atoms with Crippen molar-refractivity contribution in [3.8, 4) is 6.07 Å². The molecule has 0 amide bonds. The van der Waals surface area contributed by atoms with Crippen LogP contribution in [0.25, 0.3) is 0 Å². The maximum absolute atomic E-state index is 12.4. The highest BCUT2D eigenvalue weighted by Gasteiger charge is 2.37. The second-order valence-electron chi connectivity index (χ2n) is 4.76. The lowest BCUT2D eigenvalue weighted by Gasteiger charge is -2.35. The van der Waals surface area contributed by atoms with E-state index in [4.69, 9.17) is 10.4 Å². The van der Waals surface area contributed by atoms with E-state index in [0.717, 1.165) is 12.8 Å². The minimum absolute atomic E-state index is 0.0416. The van der Waals surface area contributed by atoms with Gasteiger partial charge in [-0.25, -0.2) is 8.42 Å². The van der Waals surface area contributed by atoms with Crippen LogP contribution in [0.4, 0.5) is 0 Å². The lowest BCUT2D eigenvalue weighted by molar-refractivity contribution is -0.137. The van der Waals surface area contributed by atoms with E-state index in [1.165, 1.54) is 4.31 Å². The molecule has 1 aliphatic heterocycles. The van der Waals surface area contributed by atoms with Crippen LogP contribution in [0.5, 0.6) is 0 Å². The van der Waals surface area contributed by atoms with E-state index in [0.29, 0.717) is 19.4 Å². The molecule has 2 atom stereocenters. The number of hydrogen-bond donors (Lipinski definition) is 1. The van der Waals surface area contributed by atoms with Gasteiger partial charge in [0.25, 0.3) is 0 Å². The summed E-state index contributed by atoms with van der Waals surface area (Å²) in [4.78, 5) is 10.6. The van der Waals surface area contributed by atoms with Gasteiger partial charge >= 0.3 is 5.97 Å². The quantitative estimate of drug-likeness (QED) is 0.795. The standard InChI is InChI=1S/C12H20N2O4S/c1-2-11(9-13)19(17,18)14-8-4-3-5-10(14)6-7-12(15)16/h10-11H,2-8H2,1H3,(H,15,16). The zero-order valence-corrected chi connectivity index (χ0v) is 11.9. The number of carbonyl (C=O) groups is 1. The third kappa shape index (κ3) is 3.91. The lowest BCUT2D eigenvalue weighted by Crippen LogP contribution is -2.47. The first-order valence-electron chi connectivity index (χ1n) is 6.55. The van der Waals surface area contributed by atoms with Crippen LogP contribution in [0.3, 0.4) is 0 Å². The summed E-state index contributed by atoms with van der Waals surface area (Å²) in [6.07, 6.45) is 2.87. The van der Waals surface area contributed by atoms with E-state index >= 15 is 0 Å². The van der Waals surface area contributed by atoms with Gasteiger partial charge in [-0.15, -0.1) is 0 Å². The normalized spacial score (nSPS) is 22.6. The van der Waals surface area contributed by atoms with Crippen LogP contribution < -0.4 is 0 Å². The van der Waals surface area contributed by atoms with Gasteiger partial charge in [0, 0.05) is 19.0 Å². The van der Waals surface area contributed by atoms with E-state index < -0.39 is 21.2 Å². The molecule has 1 N–H and O–H groups in total. The molecular weight excluding hydrogens is 268 g/mol. The van der Waals surface area contributed by atoms with Gasteiger partial charge in [0.2, 0.25) is 10.0 Å². The SMILES string of the molecule is CCC(C#N)S(=O)(=O)N1CCCCC1CCC(=O)O. The van der Waals surface area contributed by atoms with Crippen molar-refractivity contribution in [1.29, 1.82) is 5.26 Å². The summed E-state index contributed by atoms with van der Waals surface area (Å²) in [7, 11) is -3.64. The predicted molar refractivity (Wildman–Crippen MR) is 69.8 cm³/mol. The third-order valence-corrected chi connectivity index (χ3v) is 5.76. The first-order valence-corrected chi connectivity index (χ1v) is 8.05. The predicted octanol–water partition coefficient (Wildman–Crippen LogP) is 1.34. The lowest BCUT2D eigenvalue weighted by atomic mass is 10.0. The van der Waals surface area contributed by atoms with Crippen LogP contribution >= 0.6 is 0 Å². The minimum Gasteiger partial charge on any atom is -0.481 e.